The first-order valence-corrected chi connectivity index (χ1v) is 11.7. The van der Waals surface area contributed by atoms with Crippen molar-refractivity contribution in [3.05, 3.63) is 109 Å². The van der Waals surface area contributed by atoms with Gasteiger partial charge in [0.15, 0.2) is 0 Å². The summed E-state index contributed by atoms with van der Waals surface area (Å²) in [5.74, 6) is 0. The van der Waals surface area contributed by atoms with Gasteiger partial charge in [-0.3, -0.25) is 0 Å². The summed E-state index contributed by atoms with van der Waals surface area (Å²) in [6, 6.07) is 26.9. The lowest BCUT2D eigenvalue weighted by atomic mass is 9.95. The molecule has 0 aromatic heterocycles. The van der Waals surface area contributed by atoms with E-state index in [1.165, 1.54) is 0 Å². The Bertz CT molecular complexity index is 1030. The number of rotatable bonds is 9. The van der Waals surface area contributed by atoms with Gasteiger partial charge in [-0.1, -0.05) is 72.3 Å². The number of nitrogens with one attached hydrogen (secondary N) is 1. The highest BCUT2D eigenvalue weighted by Gasteiger charge is 2.34. The van der Waals surface area contributed by atoms with Gasteiger partial charge in [0.2, 0.25) is 10.0 Å². The Labute approximate surface area is 177 Å². The molecule has 0 aliphatic carbocycles. The molecule has 3 aromatic rings. The molecule has 0 spiro atoms. The molecule has 1 atom stereocenters. The molecule has 150 valence electrons. The van der Waals surface area contributed by atoms with Crippen molar-refractivity contribution < 1.29 is 8.42 Å². The fourth-order valence-electron chi connectivity index (χ4n) is 3.13. The summed E-state index contributed by atoms with van der Waals surface area (Å²) in [7, 11) is -3.63. The van der Waals surface area contributed by atoms with Crippen molar-refractivity contribution >= 4 is 21.8 Å². The van der Waals surface area contributed by atoms with E-state index in [2.05, 4.69) is 11.3 Å². The van der Waals surface area contributed by atoms with Gasteiger partial charge in [-0.25, -0.2) is 13.1 Å². The molecule has 3 nitrogen and oxygen atoms in total. The molecule has 29 heavy (non-hydrogen) atoms. The highest BCUT2D eigenvalue weighted by atomic mass is 32.2. The summed E-state index contributed by atoms with van der Waals surface area (Å²) in [6.07, 6.45) is 2.47. The van der Waals surface area contributed by atoms with E-state index in [9.17, 15) is 8.42 Å². The van der Waals surface area contributed by atoms with Crippen LogP contribution in [0.25, 0.3) is 0 Å². The highest BCUT2D eigenvalue weighted by molar-refractivity contribution is 8.00. The van der Waals surface area contributed by atoms with Crippen LogP contribution in [0.5, 0.6) is 0 Å². The number of thioether (sulfide) groups is 1. The van der Waals surface area contributed by atoms with Crippen molar-refractivity contribution in [1.82, 2.24) is 4.72 Å². The standard InChI is InChI=1S/C24H25NO2S2/c1-3-18-24(21-10-6-4-7-11-21,28-22-12-8-5-9-13-22)19-25-29(26,27)23-16-14-20(2)15-17-23/h3-17,25H,1,18-19H2,2H3. The van der Waals surface area contributed by atoms with Gasteiger partial charge in [-0.05, 0) is 43.2 Å². The molecule has 0 aliphatic heterocycles. The summed E-state index contributed by atoms with van der Waals surface area (Å²) in [6.45, 7) is 6.12. The van der Waals surface area contributed by atoms with Gasteiger partial charge < -0.3 is 0 Å². The van der Waals surface area contributed by atoms with E-state index in [1.54, 1.807) is 23.9 Å². The molecule has 0 aliphatic rings. The maximum Gasteiger partial charge on any atom is 0.240 e. The van der Waals surface area contributed by atoms with Crippen LogP contribution in [0.4, 0.5) is 0 Å². The SMILES string of the molecule is C=CCC(CNS(=O)(=O)c1ccc(C)cc1)(Sc1ccccc1)c1ccccc1. The van der Waals surface area contributed by atoms with Gasteiger partial charge in [0.05, 0.1) is 9.64 Å². The lowest BCUT2D eigenvalue weighted by Gasteiger charge is -2.33. The van der Waals surface area contributed by atoms with Crippen molar-refractivity contribution in [3.8, 4) is 0 Å². The van der Waals surface area contributed by atoms with E-state index in [4.69, 9.17) is 0 Å². The molecular formula is C24H25NO2S2. The van der Waals surface area contributed by atoms with Crippen molar-refractivity contribution in [2.45, 2.75) is 27.9 Å². The van der Waals surface area contributed by atoms with Crippen LogP contribution in [0.2, 0.25) is 0 Å². The number of aryl methyl sites for hydroxylation is 1. The molecule has 3 aromatic carbocycles. The van der Waals surface area contributed by atoms with Crippen LogP contribution in [0, 0.1) is 6.92 Å². The maximum absolute atomic E-state index is 12.9. The maximum atomic E-state index is 12.9. The van der Waals surface area contributed by atoms with Gasteiger partial charge in [-0.2, -0.15) is 0 Å². The fraction of sp³-hybridized carbons (Fsp3) is 0.167. The number of hydrogen-bond donors (Lipinski definition) is 1. The molecule has 0 saturated heterocycles. The molecule has 1 N–H and O–H groups in total. The first kappa shape index (κ1) is 21.4. The Hall–Kier alpha value is -2.34. The first-order chi connectivity index (χ1) is 14.0. The molecule has 0 fully saturated rings. The van der Waals surface area contributed by atoms with Gasteiger partial charge in [0.1, 0.15) is 0 Å². The minimum atomic E-state index is -3.63. The lowest BCUT2D eigenvalue weighted by molar-refractivity contribution is 0.557. The van der Waals surface area contributed by atoms with Crippen molar-refractivity contribution in [2.75, 3.05) is 6.54 Å². The predicted molar refractivity (Wildman–Crippen MR) is 122 cm³/mol. The summed E-state index contributed by atoms with van der Waals surface area (Å²) in [4.78, 5) is 1.35. The second kappa shape index (κ2) is 9.44. The number of allylic oxidation sites excluding steroid dienone is 1. The zero-order chi connectivity index (χ0) is 20.7. The van der Waals surface area contributed by atoms with E-state index in [-0.39, 0.29) is 11.4 Å². The van der Waals surface area contributed by atoms with Gasteiger partial charge >= 0.3 is 0 Å². The van der Waals surface area contributed by atoms with Crippen LogP contribution in [-0.4, -0.2) is 15.0 Å². The van der Waals surface area contributed by atoms with Crippen LogP contribution >= 0.6 is 11.8 Å². The summed E-state index contributed by atoms with van der Waals surface area (Å²) in [5.41, 5.74) is 2.08. The topological polar surface area (TPSA) is 46.2 Å². The smallest absolute Gasteiger partial charge is 0.209 e. The van der Waals surface area contributed by atoms with E-state index in [0.717, 1.165) is 16.0 Å². The zero-order valence-corrected chi connectivity index (χ0v) is 18.0. The second-order valence-electron chi connectivity index (χ2n) is 6.91. The number of benzene rings is 3. The van der Waals surface area contributed by atoms with Gasteiger partial charge in [0, 0.05) is 11.4 Å². The third-order valence-corrected chi connectivity index (χ3v) is 7.57. The monoisotopic (exact) mass is 423 g/mol. The van der Waals surface area contributed by atoms with Gasteiger partial charge in [-0.15, -0.1) is 18.3 Å². The van der Waals surface area contributed by atoms with Gasteiger partial charge in [0.25, 0.3) is 0 Å². The molecule has 0 radical (unpaired) electrons. The lowest BCUT2D eigenvalue weighted by Crippen LogP contribution is -2.38. The van der Waals surface area contributed by atoms with E-state index in [1.807, 2.05) is 85.8 Å². The number of hydrogen-bond acceptors (Lipinski definition) is 3. The quantitative estimate of drug-likeness (QED) is 0.363. The van der Waals surface area contributed by atoms with E-state index in [0.29, 0.717) is 6.42 Å². The number of sulfonamides is 1. The zero-order valence-electron chi connectivity index (χ0n) is 16.4. The Morgan fingerprint density at radius 1 is 0.931 bits per heavy atom. The molecule has 0 bridgehead atoms. The average molecular weight is 424 g/mol. The minimum Gasteiger partial charge on any atom is -0.209 e. The molecule has 0 amide bonds. The summed E-state index contributed by atoms with van der Waals surface area (Å²) in [5, 5.41) is 0. The van der Waals surface area contributed by atoms with Crippen LogP contribution in [0.3, 0.4) is 0 Å². The third-order valence-electron chi connectivity index (χ3n) is 4.71. The Kier molecular flexibility index (Phi) is 6.96. The summed E-state index contributed by atoms with van der Waals surface area (Å²) >= 11 is 1.65. The van der Waals surface area contributed by atoms with Crippen molar-refractivity contribution in [2.24, 2.45) is 0 Å². The second-order valence-corrected chi connectivity index (χ2v) is 10.1. The molecule has 1 unspecified atom stereocenters. The van der Waals surface area contributed by atoms with E-state index < -0.39 is 14.8 Å². The molecular weight excluding hydrogens is 398 g/mol. The Morgan fingerprint density at radius 3 is 2.10 bits per heavy atom. The average Bonchev–Trinajstić information content (AvgIpc) is 2.74. The van der Waals surface area contributed by atoms with Crippen molar-refractivity contribution in [3.63, 3.8) is 0 Å². The molecule has 0 saturated carbocycles. The normalized spacial score (nSPS) is 13.6. The van der Waals surface area contributed by atoms with Crippen molar-refractivity contribution in [1.29, 1.82) is 0 Å². The highest BCUT2D eigenvalue weighted by Crippen LogP contribution is 2.44. The van der Waals surface area contributed by atoms with Crippen LogP contribution in [0.15, 0.2) is 107 Å². The Balaban J connectivity index is 1.96. The third kappa shape index (κ3) is 5.38. The van der Waals surface area contributed by atoms with Crippen LogP contribution in [-0.2, 0) is 14.8 Å². The molecule has 0 heterocycles. The molecule has 5 heteroatoms. The minimum absolute atomic E-state index is 0.249. The Morgan fingerprint density at radius 2 is 1.52 bits per heavy atom. The first-order valence-electron chi connectivity index (χ1n) is 9.42. The largest absolute Gasteiger partial charge is 0.240 e. The van der Waals surface area contributed by atoms with Crippen LogP contribution in [0.1, 0.15) is 17.5 Å². The fourth-order valence-corrected chi connectivity index (χ4v) is 5.66. The summed E-state index contributed by atoms with van der Waals surface area (Å²) < 4.78 is 28.2. The van der Waals surface area contributed by atoms with E-state index >= 15 is 0 Å². The predicted octanol–water partition coefficient (Wildman–Crippen LogP) is 5.54. The molecule has 3 rings (SSSR count). The van der Waals surface area contributed by atoms with Crippen LogP contribution < -0.4 is 4.72 Å².